The molecule has 0 spiro atoms. The number of nitrogens with zero attached hydrogens (tertiary/aromatic N) is 1. The molecule has 4 heterocycles. The minimum atomic E-state index is -1.98. The van der Waals surface area contributed by atoms with Crippen LogP contribution in [0.25, 0.3) is 10.2 Å². The normalized spacial score (nSPS) is 33.2. The molecule has 6 rings (SSSR count). The highest BCUT2D eigenvalue weighted by atomic mass is 32.1. The average molecular weight is 888 g/mol. The van der Waals surface area contributed by atoms with Gasteiger partial charge in [-0.1, -0.05) is 31.6 Å². The first-order valence-electron chi connectivity index (χ1n) is 20.5. The van der Waals surface area contributed by atoms with Crippen LogP contribution >= 0.6 is 11.3 Å². The van der Waals surface area contributed by atoms with Crippen molar-refractivity contribution in [2.75, 3.05) is 0 Å². The molecule has 1 aromatic heterocycles. The molecular weight excluding hydrogens is 834 g/mol. The largest absolute Gasteiger partial charge is 0.508 e. The molecule has 62 heavy (non-hydrogen) atoms. The summed E-state index contributed by atoms with van der Waals surface area (Å²) in [5, 5.41) is 52.0. The lowest BCUT2D eigenvalue weighted by Gasteiger charge is -2.38. The van der Waals surface area contributed by atoms with Crippen molar-refractivity contribution < 1.29 is 77.5 Å². The molecule has 5 N–H and O–H groups in total. The number of aliphatic carboxylic acids is 1. The fourth-order valence-corrected chi connectivity index (χ4v) is 8.98. The van der Waals surface area contributed by atoms with E-state index in [2.05, 4.69) is 11.6 Å². The number of rotatable bonds is 9. The van der Waals surface area contributed by atoms with Crippen LogP contribution in [0.1, 0.15) is 88.5 Å². The number of halogens is 1. The number of fused-ring (bicyclic) bond motifs is 2. The summed E-state index contributed by atoms with van der Waals surface area (Å²) in [5.74, 6) is -5.75. The minimum Gasteiger partial charge on any atom is -0.479 e. The first-order chi connectivity index (χ1) is 29.2. The van der Waals surface area contributed by atoms with E-state index in [1.807, 2.05) is 39.0 Å². The number of ketones is 1. The smallest absolute Gasteiger partial charge is 0.479 e. The van der Waals surface area contributed by atoms with Gasteiger partial charge in [0, 0.05) is 12.3 Å². The standard InChI is InChI=1S/C44H54FNO15S/c1-7-9-25-34(48)21(2)10-8-15-44(6)32(61-44)18-29(24-12-14-30-27(17-24)46-22(3)62-30)57-33(47)19-31(43(4,5)39(25)52)59-42(55)56-20-23-11-13-28(26(45)16-23)58-41-37(51)35(49)36(50)38(60-41)40(53)54/h7,11-14,16-17,21,25,29,31-32,34-38,41,48-51H,1,8-10,15,18-20H2,2-6H3,(H,53,54)/t21-,25+,29-,31-,32-,34-,35-,36-,37+,38-,41+,44+/m0/s1. The molecule has 0 amide bonds. The summed E-state index contributed by atoms with van der Waals surface area (Å²) in [6.45, 7) is 12.0. The Morgan fingerprint density at radius 3 is 2.48 bits per heavy atom. The first-order valence-corrected chi connectivity index (χ1v) is 21.3. The number of aliphatic hydroxyl groups is 4. The zero-order valence-corrected chi connectivity index (χ0v) is 35.9. The molecule has 12 atom stereocenters. The van der Waals surface area contributed by atoms with Crippen LogP contribution in [0.4, 0.5) is 9.18 Å². The number of carboxylic acids is 1. The Bertz CT molecular complexity index is 2150. The molecule has 18 heteroatoms. The van der Waals surface area contributed by atoms with E-state index in [1.165, 1.54) is 37.3 Å². The molecule has 3 fully saturated rings. The van der Waals surface area contributed by atoms with E-state index >= 15 is 4.39 Å². The summed E-state index contributed by atoms with van der Waals surface area (Å²) in [4.78, 5) is 58.0. The number of aliphatic hydroxyl groups excluding tert-OH is 4. The van der Waals surface area contributed by atoms with Crippen molar-refractivity contribution in [1.82, 2.24) is 4.98 Å². The lowest BCUT2D eigenvalue weighted by Crippen LogP contribution is -2.61. The van der Waals surface area contributed by atoms with Crippen molar-refractivity contribution in [2.24, 2.45) is 17.3 Å². The van der Waals surface area contributed by atoms with Gasteiger partial charge in [-0.2, -0.15) is 0 Å². The maximum absolute atomic E-state index is 15.2. The predicted octanol–water partition coefficient (Wildman–Crippen LogP) is 5.23. The van der Waals surface area contributed by atoms with Crippen LogP contribution in [-0.2, 0) is 44.7 Å². The van der Waals surface area contributed by atoms with Gasteiger partial charge in [0.05, 0.1) is 44.9 Å². The van der Waals surface area contributed by atoms with E-state index in [0.29, 0.717) is 31.2 Å². The lowest BCUT2D eigenvalue weighted by atomic mass is 9.71. The van der Waals surface area contributed by atoms with Crippen LogP contribution in [-0.4, -0.2) is 109 Å². The predicted molar refractivity (Wildman–Crippen MR) is 218 cm³/mol. The van der Waals surface area contributed by atoms with Crippen molar-refractivity contribution in [3.05, 3.63) is 71.0 Å². The Hall–Kier alpha value is -4.56. The number of carbonyl (C=O) groups excluding carboxylic acids is 3. The zero-order chi connectivity index (χ0) is 45.3. The molecule has 0 radical (unpaired) electrons. The van der Waals surface area contributed by atoms with Crippen molar-refractivity contribution in [3.63, 3.8) is 0 Å². The van der Waals surface area contributed by atoms with Gasteiger partial charge >= 0.3 is 18.1 Å². The number of cyclic esters (lactones) is 1. The number of carboxylic acid groups (broad SMARTS) is 1. The quantitative estimate of drug-likeness (QED) is 0.105. The average Bonchev–Trinajstić information content (AvgIpc) is 3.69. The van der Waals surface area contributed by atoms with Crippen LogP contribution < -0.4 is 4.74 Å². The van der Waals surface area contributed by atoms with Crippen molar-refractivity contribution in [2.45, 2.75) is 140 Å². The second-order valence-corrected chi connectivity index (χ2v) is 18.4. The third kappa shape index (κ3) is 10.4. The monoisotopic (exact) mass is 887 g/mol. The fourth-order valence-electron chi connectivity index (χ4n) is 8.17. The molecule has 0 bridgehead atoms. The number of esters is 1. The number of epoxide rings is 1. The number of aromatic nitrogens is 1. The van der Waals surface area contributed by atoms with Gasteiger partial charge in [-0.25, -0.2) is 19.0 Å². The van der Waals surface area contributed by atoms with Gasteiger partial charge in [-0.05, 0) is 88.3 Å². The Kier molecular flexibility index (Phi) is 14.4. The van der Waals surface area contributed by atoms with Gasteiger partial charge in [-0.3, -0.25) is 9.59 Å². The second kappa shape index (κ2) is 19.0. The van der Waals surface area contributed by atoms with Crippen LogP contribution in [0.3, 0.4) is 0 Å². The Morgan fingerprint density at radius 2 is 1.79 bits per heavy atom. The molecule has 16 nitrogen and oxygen atoms in total. The number of allylic oxidation sites excluding steroid dienone is 1. The number of thiazole rings is 1. The highest BCUT2D eigenvalue weighted by molar-refractivity contribution is 7.18. The van der Waals surface area contributed by atoms with Gasteiger partial charge in [0.2, 0.25) is 6.29 Å². The molecular formula is C44H54FNO15S. The summed E-state index contributed by atoms with van der Waals surface area (Å²) < 4.78 is 49.9. The molecule has 2 aromatic carbocycles. The third-order valence-electron chi connectivity index (χ3n) is 12.2. The summed E-state index contributed by atoms with van der Waals surface area (Å²) in [5.41, 5.74) is -0.552. The van der Waals surface area contributed by atoms with E-state index in [4.69, 9.17) is 28.4 Å². The van der Waals surface area contributed by atoms with Gasteiger partial charge in [0.25, 0.3) is 0 Å². The third-order valence-corrected chi connectivity index (χ3v) is 13.1. The first kappa shape index (κ1) is 46.9. The topological polar surface area (TPSA) is 241 Å². The van der Waals surface area contributed by atoms with E-state index in [9.17, 15) is 44.7 Å². The van der Waals surface area contributed by atoms with Gasteiger partial charge in [0.1, 0.15) is 42.9 Å². The van der Waals surface area contributed by atoms with Crippen molar-refractivity contribution >= 4 is 45.4 Å². The molecule has 0 aliphatic carbocycles. The number of hydrogen-bond acceptors (Lipinski definition) is 16. The van der Waals surface area contributed by atoms with Crippen molar-refractivity contribution in [1.29, 1.82) is 0 Å². The molecule has 3 saturated heterocycles. The molecule has 338 valence electrons. The molecule has 3 aromatic rings. The van der Waals surface area contributed by atoms with E-state index in [1.54, 1.807) is 0 Å². The molecule has 3 aliphatic rings. The maximum Gasteiger partial charge on any atom is 0.508 e. The summed E-state index contributed by atoms with van der Waals surface area (Å²) in [7, 11) is 0. The summed E-state index contributed by atoms with van der Waals surface area (Å²) >= 11 is 1.54. The number of carbonyl (C=O) groups is 4. The van der Waals surface area contributed by atoms with Crippen LogP contribution in [0.2, 0.25) is 0 Å². The minimum absolute atomic E-state index is 0.0797. The summed E-state index contributed by atoms with van der Waals surface area (Å²) in [6.07, 6.45) is -11.2. The van der Waals surface area contributed by atoms with E-state index < -0.39 is 114 Å². The maximum atomic E-state index is 15.2. The number of hydrogen-bond donors (Lipinski definition) is 5. The molecule has 3 aliphatic heterocycles. The highest BCUT2D eigenvalue weighted by Crippen LogP contribution is 2.47. The molecule has 0 unspecified atom stereocenters. The fraction of sp³-hybridized carbons (Fsp3) is 0.568. The van der Waals surface area contributed by atoms with E-state index in [-0.39, 0.29) is 24.0 Å². The SMILES string of the molecule is C=CC[C@H]1C(=O)C(C)(C)[C@@H](OC(=O)OCc2ccc(O[C@@H]3O[C@H](C(=O)O)[C@@H](O)[C@H](O)[C@H]3O)c(F)c2)CC(=O)O[C@H](c2ccc3sc(C)nc3c2)C[C@@H]2O[C@]2(C)CCC[C@H](C)[C@@H]1O. The van der Waals surface area contributed by atoms with Crippen LogP contribution in [0, 0.1) is 30.0 Å². The van der Waals surface area contributed by atoms with Crippen LogP contribution in [0.5, 0.6) is 5.75 Å². The Balaban J connectivity index is 1.21. The number of aryl methyl sites for hydroxylation is 1. The van der Waals surface area contributed by atoms with Crippen LogP contribution in [0.15, 0.2) is 49.1 Å². The second-order valence-electron chi connectivity index (χ2n) is 17.1. The molecule has 0 saturated carbocycles. The summed E-state index contributed by atoms with van der Waals surface area (Å²) in [6, 6.07) is 8.93. The van der Waals surface area contributed by atoms with Gasteiger partial charge in [-0.15, -0.1) is 17.9 Å². The number of benzene rings is 2. The Morgan fingerprint density at radius 1 is 1.05 bits per heavy atom. The lowest BCUT2D eigenvalue weighted by molar-refractivity contribution is -0.271. The van der Waals surface area contributed by atoms with Gasteiger partial charge < -0.3 is 54.0 Å². The highest BCUT2D eigenvalue weighted by Gasteiger charge is 2.53. The zero-order valence-electron chi connectivity index (χ0n) is 35.1. The van der Waals surface area contributed by atoms with Crippen molar-refractivity contribution in [3.8, 4) is 5.75 Å². The van der Waals surface area contributed by atoms with E-state index in [0.717, 1.165) is 27.4 Å². The number of ether oxygens (including phenoxy) is 6. The number of Topliss-reactive ketones (excluding diaryl/α,β-unsaturated/α-hetero) is 1. The van der Waals surface area contributed by atoms with Gasteiger partial charge in [0.15, 0.2) is 17.7 Å². The Labute approximate surface area is 361 Å².